The fourth-order valence-electron chi connectivity index (χ4n) is 3.88. The Morgan fingerprint density at radius 2 is 1.78 bits per heavy atom. The zero-order chi connectivity index (χ0) is 22.7. The second-order valence-electron chi connectivity index (χ2n) is 8.19. The number of hydrogen-bond acceptors (Lipinski definition) is 6. The number of Topliss-reactive ketones (excluding diaryl/α,β-unsaturated/α-hetero) is 1. The second-order valence-corrected chi connectivity index (χ2v) is 10.3. The van der Waals surface area contributed by atoms with Crippen LogP contribution in [-0.4, -0.2) is 66.9 Å². The molecule has 0 saturated carbocycles. The number of carbonyl (C=O) groups is 1. The fraction of sp³-hybridized carbons (Fsp3) is 0.391. The maximum absolute atomic E-state index is 12.7. The molecule has 9 heteroatoms. The van der Waals surface area contributed by atoms with Crippen molar-refractivity contribution in [3.8, 4) is 0 Å². The van der Waals surface area contributed by atoms with Crippen LogP contribution in [0.2, 0.25) is 0 Å². The number of nitrogens with one attached hydrogen (secondary N) is 1. The average molecular weight is 458 g/mol. The molecule has 0 bridgehead atoms. The van der Waals surface area contributed by atoms with Crippen molar-refractivity contribution in [3.63, 3.8) is 0 Å². The smallest absolute Gasteiger partial charge is 0.408 e. The van der Waals surface area contributed by atoms with E-state index in [0.717, 1.165) is 11.1 Å². The van der Waals surface area contributed by atoms with E-state index in [1.54, 1.807) is 22.5 Å². The Hall–Kier alpha value is -2.75. The number of H-pyrrole nitrogens is 1. The Morgan fingerprint density at radius 3 is 2.50 bits per heavy atom. The monoisotopic (exact) mass is 457 g/mol. The molecule has 32 heavy (non-hydrogen) atoms. The minimum atomic E-state index is -3.31. The number of benzene rings is 2. The molecule has 3 aromatic rings. The molecular weight excluding hydrogens is 430 g/mol. The van der Waals surface area contributed by atoms with Gasteiger partial charge in [0.15, 0.2) is 11.4 Å². The maximum Gasteiger partial charge on any atom is 0.417 e. The number of hydrogen-bond donors (Lipinski definition) is 1. The highest BCUT2D eigenvalue weighted by molar-refractivity contribution is 7.89. The van der Waals surface area contributed by atoms with Crippen molar-refractivity contribution in [3.05, 3.63) is 69.7 Å². The van der Waals surface area contributed by atoms with Crippen LogP contribution in [0.15, 0.2) is 51.7 Å². The molecule has 1 aliphatic heterocycles. The van der Waals surface area contributed by atoms with Gasteiger partial charge in [0.2, 0.25) is 10.0 Å². The molecule has 8 nitrogen and oxygen atoms in total. The van der Waals surface area contributed by atoms with E-state index in [-0.39, 0.29) is 11.5 Å². The van der Waals surface area contributed by atoms with E-state index in [1.807, 2.05) is 31.2 Å². The summed E-state index contributed by atoms with van der Waals surface area (Å²) in [6.45, 7) is 4.64. The fourth-order valence-corrected chi connectivity index (χ4v) is 5.36. The van der Waals surface area contributed by atoms with Gasteiger partial charge in [-0.25, -0.2) is 13.2 Å². The Balaban J connectivity index is 1.25. The van der Waals surface area contributed by atoms with Gasteiger partial charge in [-0.05, 0) is 37.1 Å². The number of nitrogens with zero attached hydrogens (tertiary/aromatic N) is 2. The van der Waals surface area contributed by atoms with Crippen LogP contribution in [-0.2, 0) is 16.4 Å². The summed E-state index contributed by atoms with van der Waals surface area (Å²) in [6, 6.07) is 12.8. The summed E-state index contributed by atoms with van der Waals surface area (Å²) < 4.78 is 32.0. The summed E-state index contributed by atoms with van der Waals surface area (Å²) in [6.07, 6.45) is 0.823. The van der Waals surface area contributed by atoms with Crippen LogP contribution >= 0.6 is 0 Å². The normalized spacial score (nSPS) is 15.9. The molecule has 2 heterocycles. The number of sulfonamides is 1. The first-order chi connectivity index (χ1) is 15.3. The summed E-state index contributed by atoms with van der Waals surface area (Å²) in [4.78, 5) is 28.5. The lowest BCUT2D eigenvalue weighted by Gasteiger charge is -2.33. The molecule has 1 fully saturated rings. The molecule has 1 aliphatic rings. The number of fused-ring (bicyclic) bond motifs is 1. The molecule has 170 valence electrons. The van der Waals surface area contributed by atoms with Gasteiger partial charge in [0.25, 0.3) is 0 Å². The molecule has 0 amide bonds. The lowest BCUT2D eigenvalue weighted by atomic mass is 10.1. The minimum absolute atomic E-state index is 0.0381. The topological polar surface area (TPSA) is 104 Å². The van der Waals surface area contributed by atoms with Crippen molar-refractivity contribution in [1.29, 1.82) is 0 Å². The molecule has 0 aliphatic carbocycles. The van der Waals surface area contributed by atoms with Crippen LogP contribution in [0.1, 0.15) is 27.9 Å². The third-order valence-corrected chi connectivity index (χ3v) is 7.76. The first-order valence-electron chi connectivity index (χ1n) is 10.7. The van der Waals surface area contributed by atoms with Gasteiger partial charge in [-0.1, -0.05) is 29.8 Å². The van der Waals surface area contributed by atoms with Gasteiger partial charge < -0.3 is 9.32 Å². The zero-order valence-electron chi connectivity index (χ0n) is 18.0. The Morgan fingerprint density at radius 1 is 1.06 bits per heavy atom. The standard InChI is InChI=1S/C23H27N3O5S/c1-17-2-4-18(5-3-17)9-15-32(29,30)26-13-11-25(12-14-26)10-8-21(27)19-6-7-20-22(16-19)31-23(28)24-20/h2-7,16H,8-15H2,1H3,(H,24,28). The molecule has 1 aromatic heterocycles. The number of aromatic amines is 1. The van der Waals surface area contributed by atoms with Gasteiger partial charge in [0.05, 0.1) is 11.3 Å². The summed E-state index contributed by atoms with van der Waals surface area (Å²) in [7, 11) is -3.31. The highest BCUT2D eigenvalue weighted by Gasteiger charge is 2.26. The lowest BCUT2D eigenvalue weighted by molar-refractivity contribution is 0.0952. The molecule has 1 N–H and O–H groups in total. The van der Waals surface area contributed by atoms with Gasteiger partial charge >= 0.3 is 5.76 Å². The molecule has 1 saturated heterocycles. The third kappa shape index (κ3) is 5.35. The molecule has 0 atom stereocenters. The first-order valence-corrected chi connectivity index (χ1v) is 12.3. The number of oxazole rings is 1. The SMILES string of the molecule is Cc1ccc(CCS(=O)(=O)N2CCN(CCC(=O)c3ccc4[nH]c(=O)oc4c3)CC2)cc1. The highest BCUT2D eigenvalue weighted by atomic mass is 32.2. The molecule has 0 radical (unpaired) electrons. The second kappa shape index (κ2) is 9.40. The van der Waals surface area contributed by atoms with Crippen molar-refractivity contribution in [2.45, 2.75) is 19.8 Å². The number of rotatable bonds is 8. The van der Waals surface area contributed by atoms with Crippen LogP contribution < -0.4 is 5.76 Å². The van der Waals surface area contributed by atoms with E-state index >= 15 is 0 Å². The van der Waals surface area contributed by atoms with E-state index < -0.39 is 15.8 Å². The number of piperazine rings is 1. The van der Waals surface area contributed by atoms with Crippen LogP contribution in [0.4, 0.5) is 0 Å². The van der Waals surface area contributed by atoms with Crippen molar-refractivity contribution < 1.29 is 17.6 Å². The van der Waals surface area contributed by atoms with E-state index in [0.29, 0.717) is 62.2 Å². The summed E-state index contributed by atoms with van der Waals surface area (Å²) in [5.74, 6) is -0.480. The quantitative estimate of drug-likeness (QED) is 0.520. The van der Waals surface area contributed by atoms with Crippen LogP contribution in [0, 0.1) is 6.92 Å². The Kier molecular flexibility index (Phi) is 6.59. The summed E-state index contributed by atoms with van der Waals surface area (Å²) in [5.41, 5.74) is 3.60. The molecule has 0 spiro atoms. The van der Waals surface area contributed by atoms with Crippen molar-refractivity contribution in [2.24, 2.45) is 0 Å². The lowest BCUT2D eigenvalue weighted by Crippen LogP contribution is -2.49. The maximum atomic E-state index is 12.7. The number of aromatic nitrogens is 1. The minimum Gasteiger partial charge on any atom is -0.408 e. The van der Waals surface area contributed by atoms with Gasteiger partial charge in [-0.15, -0.1) is 0 Å². The predicted molar refractivity (Wildman–Crippen MR) is 122 cm³/mol. The predicted octanol–water partition coefficient (Wildman–Crippen LogP) is 2.19. The van der Waals surface area contributed by atoms with Crippen molar-refractivity contribution in [1.82, 2.24) is 14.2 Å². The van der Waals surface area contributed by atoms with Crippen LogP contribution in [0.5, 0.6) is 0 Å². The first kappa shape index (κ1) is 22.4. The van der Waals surface area contributed by atoms with Crippen molar-refractivity contribution in [2.75, 3.05) is 38.5 Å². The van der Waals surface area contributed by atoms with Gasteiger partial charge in [0.1, 0.15) is 0 Å². The number of aryl methyl sites for hydroxylation is 2. The van der Waals surface area contributed by atoms with E-state index in [9.17, 15) is 18.0 Å². The Bertz CT molecular complexity index is 1250. The van der Waals surface area contributed by atoms with Crippen LogP contribution in [0.25, 0.3) is 11.1 Å². The van der Waals surface area contributed by atoms with Gasteiger partial charge in [0, 0.05) is 44.7 Å². The van der Waals surface area contributed by atoms with Crippen molar-refractivity contribution >= 4 is 26.9 Å². The van der Waals surface area contributed by atoms with E-state index in [4.69, 9.17) is 4.42 Å². The summed E-state index contributed by atoms with van der Waals surface area (Å²) in [5, 5.41) is 0. The Labute approximate surface area is 186 Å². The van der Waals surface area contributed by atoms with E-state index in [2.05, 4.69) is 9.88 Å². The zero-order valence-corrected chi connectivity index (χ0v) is 18.9. The molecular formula is C23H27N3O5S. The average Bonchev–Trinajstić information content (AvgIpc) is 3.16. The largest absolute Gasteiger partial charge is 0.417 e. The highest BCUT2D eigenvalue weighted by Crippen LogP contribution is 2.15. The van der Waals surface area contributed by atoms with Gasteiger partial charge in [-0.2, -0.15) is 4.31 Å². The van der Waals surface area contributed by atoms with Gasteiger partial charge in [-0.3, -0.25) is 9.78 Å². The van der Waals surface area contributed by atoms with Crippen LogP contribution in [0.3, 0.4) is 0 Å². The molecule has 0 unspecified atom stereocenters. The summed E-state index contributed by atoms with van der Waals surface area (Å²) >= 11 is 0. The van der Waals surface area contributed by atoms with E-state index in [1.165, 1.54) is 0 Å². The molecule has 4 rings (SSSR count). The number of carbonyl (C=O) groups excluding carboxylic acids is 1. The molecule has 2 aromatic carbocycles. The number of ketones is 1. The third-order valence-electron chi connectivity index (χ3n) is 5.89.